The first kappa shape index (κ1) is 25.4. The molecule has 0 saturated heterocycles. The van der Waals surface area contributed by atoms with E-state index in [1.54, 1.807) is 4.57 Å². The fourth-order valence-corrected chi connectivity index (χ4v) is 5.14. The third-order valence-electron chi connectivity index (χ3n) is 5.45. The normalized spacial score (nSPS) is 11.0. The highest BCUT2D eigenvalue weighted by atomic mass is 32.1. The van der Waals surface area contributed by atoms with Gasteiger partial charge in [-0.15, -0.1) is 11.3 Å². The van der Waals surface area contributed by atoms with Gasteiger partial charge in [0, 0.05) is 31.5 Å². The average Bonchev–Trinajstić information content (AvgIpc) is 3.18. The number of thiophene rings is 1. The molecule has 0 aliphatic rings. The zero-order valence-electron chi connectivity index (χ0n) is 20.0. The molecule has 0 unspecified atom stereocenters. The Morgan fingerprint density at radius 2 is 1.79 bits per heavy atom. The van der Waals surface area contributed by atoms with Crippen LogP contribution in [0.4, 0.5) is 5.69 Å². The summed E-state index contributed by atoms with van der Waals surface area (Å²) in [6.07, 6.45) is 2.02. The summed E-state index contributed by atoms with van der Waals surface area (Å²) in [7, 11) is 1.48. The molecule has 2 heterocycles. The monoisotopic (exact) mass is 481 g/mol. The summed E-state index contributed by atoms with van der Waals surface area (Å²) < 4.78 is 2.77. The first-order chi connectivity index (χ1) is 16.3. The third kappa shape index (κ3) is 5.13. The molecular weight excluding hydrogens is 450 g/mol. The molecule has 0 bridgehead atoms. The van der Waals surface area contributed by atoms with Crippen LogP contribution in [0.25, 0.3) is 21.0 Å². The molecule has 7 nitrogen and oxygen atoms in total. The Balaban J connectivity index is 0.000000751. The van der Waals surface area contributed by atoms with E-state index in [1.807, 2.05) is 39.0 Å². The van der Waals surface area contributed by atoms with Crippen molar-refractivity contribution in [3.63, 3.8) is 0 Å². The highest BCUT2D eigenvalue weighted by Gasteiger charge is 2.22. The molecule has 34 heavy (non-hydrogen) atoms. The summed E-state index contributed by atoms with van der Waals surface area (Å²) in [6, 6.07) is 14.2. The van der Waals surface area contributed by atoms with Gasteiger partial charge in [0.15, 0.2) is 0 Å². The number of aliphatic hydroxyl groups excluding tert-OH is 1. The lowest BCUT2D eigenvalue weighted by molar-refractivity contribution is -0.105. The van der Waals surface area contributed by atoms with Crippen molar-refractivity contribution in [3.05, 3.63) is 73.7 Å². The van der Waals surface area contributed by atoms with Crippen LogP contribution in [0.3, 0.4) is 0 Å². The number of nitrogens with zero attached hydrogens (tertiary/aromatic N) is 2. The zero-order valence-corrected chi connectivity index (χ0v) is 20.8. The predicted molar refractivity (Wildman–Crippen MR) is 140 cm³/mol. The van der Waals surface area contributed by atoms with Crippen LogP contribution in [0.2, 0.25) is 0 Å². The minimum absolute atomic E-state index is 0.231. The molecule has 4 rings (SSSR count). The highest BCUT2D eigenvalue weighted by molar-refractivity contribution is 7.19. The Morgan fingerprint density at radius 3 is 2.44 bits per heavy atom. The van der Waals surface area contributed by atoms with E-state index in [0.717, 1.165) is 32.2 Å². The molecule has 180 valence electrons. The lowest BCUT2D eigenvalue weighted by Gasteiger charge is -2.11. The van der Waals surface area contributed by atoms with Crippen LogP contribution in [0.5, 0.6) is 0 Å². The minimum Gasteiger partial charge on any atom is -0.396 e. The molecule has 0 spiro atoms. The number of carbonyl (C=O) groups excluding carboxylic acids is 1. The molecule has 0 aliphatic heterocycles. The van der Waals surface area contributed by atoms with Gasteiger partial charge in [0.05, 0.1) is 11.1 Å². The second-order valence-corrected chi connectivity index (χ2v) is 9.62. The number of aromatic nitrogens is 2. The highest BCUT2D eigenvalue weighted by Crippen LogP contribution is 2.36. The van der Waals surface area contributed by atoms with E-state index >= 15 is 0 Å². The molecule has 4 aromatic rings. The summed E-state index contributed by atoms with van der Waals surface area (Å²) in [6.45, 7) is 6.80. The third-order valence-corrected chi connectivity index (χ3v) is 6.66. The van der Waals surface area contributed by atoms with Crippen molar-refractivity contribution in [2.45, 2.75) is 40.2 Å². The predicted octanol–water partition coefficient (Wildman–Crippen LogP) is 4.12. The Bertz CT molecular complexity index is 1410. The van der Waals surface area contributed by atoms with Crippen molar-refractivity contribution >= 4 is 44.4 Å². The fourth-order valence-electron chi connectivity index (χ4n) is 3.86. The lowest BCUT2D eigenvalue weighted by Crippen LogP contribution is -2.38. The zero-order chi connectivity index (χ0) is 24.8. The van der Waals surface area contributed by atoms with Gasteiger partial charge < -0.3 is 10.4 Å². The molecule has 2 aromatic heterocycles. The van der Waals surface area contributed by atoms with Crippen LogP contribution >= 0.6 is 11.3 Å². The molecular formula is C26H31N3O4S. The lowest BCUT2D eigenvalue weighted by atomic mass is 10.0. The van der Waals surface area contributed by atoms with Gasteiger partial charge >= 0.3 is 5.69 Å². The number of aliphatic hydroxyl groups is 1. The first-order valence-electron chi connectivity index (χ1n) is 11.4. The maximum atomic E-state index is 13.0. The second-order valence-electron chi connectivity index (χ2n) is 8.53. The smallest absolute Gasteiger partial charge is 0.331 e. The number of hydrogen-bond acceptors (Lipinski definition) is 5. The van der Waals surface area contributed by atoms with Crippen molar-refractivity contribution in [1.82, 2.24) is 9.13 Å². The molecule has 0 fully saturated rings. The maximum Gasteiger partial charge on any atom is 0.331 e. The summed E-state index contributed by atoms with van der Waals surface area (Å²) in [4.78, 5) is 38.6. The molecule has 0 radical (unpaired) electrons. The summed E-state index contributed by atoms with van der Waals surface area (Å²) in [5.41, 5.74) is 0.871. The van der Waals surface area contributed by atoms with E-state index < -0.39 is 0 Å². The second kappa shape index (κ2) is 11.3. The number of carbonyl (C=O) groups is 1. The molecule has 2 N–H and O–H groups in total. The molecule has 2 aromatic carbocycles. The van der Waals surface area contributed by atoms with Gasteiger partial charge in [0.2, 0.25) is 6.41 Å². The standard InChI is InChI=1S/C23H23N3O3S.C3H8O/c1-14(2)12-26-22-19(21(28)25(3)23(26)29)20(24-13-27)18(30-22)11-16-9-6-8-15-7-4-5-10-17(15)16;1-2-3-4/h4-10,13-14H,11-12H2,1-3H3,(H,24,27);4H,2-3H2,1H3. The van der Waals surface area contributed by atoms with E-state index in [1.165, 1.54) is 18.4 Å². The molecule has 0 saturated carbocycles. The topological polar surface area (TPSA) is 93.3 Å². The molecule has 1 amide bonds. The fraction of sp³-hybridized carbons (Fsp3) is 0.346. The van der Waals surface area contributed by atoms with Gasteiger partial charge in [0.25, 0.3) is 5.56 Å². The minimum atomic E-state index is -0.389. The Kier molecular flexibility index (Phi) is 8.41. The summed E-state index contributed by atoms with van der Waals surface area (Å²) in [5.74, 6) is 0.231. The SMILES string of the molecule is CC(C)Cn1c(=O)n(C)c(=O)c2c(NC=O)c(Cc3cccc4ccccc34)sc21.CCCO. The van der Waals surface area contributed by atoms with Crippen molar-refractivity contribution in [2.75, 3.05) is 11.9 Å². The van der Waals surface area contributed by atoms with E-state index in [-0.39, 0.29) is 17.2 Å². The van der Waals surface area contributed by atoms with Crippen LogP contribution < -0.4 is 16.6 Å². The van der Waals surface area contributed by atoms with Crippen molar-refractivity contribution in [3.8, 4) is 0 Å². The average molecular weight is 482 g/mol. The number of fused-ring (bicyclic) bond motifs is 2. The van der Waals surface area contributed by atoms with E-state index in [2.05, 4.69) is 29.6 Å². The number of rotatable bonds is 7. The van der Waals surface area contributed by atoms with Crippen molar-refractivity contribution in [1.29, 1.82) is 0 Å². The van der Waals surface area contributed by atoms with Gasteiger partial charge in [-0.25, -0.2) is 4.79 Å². The number of nitrogens with one attached hydrogen (secondary N) is 1. The Morgan fingerprint density at radius 1 is 1.12 bits per heavy atom. The Labute approximate surface area is 202 Å². The summed E-state index contributed by atoms with van der Waals surface area (Å²) in [5, 5.41) is 13.3. The first-order valence-corrected chi connectivity index (χ1v) is 12.2. The van der Waals surface area contributed by atoms with E-state index in [9.17, 15) is 14.4 Å². The molecule has 8 heteroatoms. The van der Waals surface area contributed by atoms with Gasteiger partial charge in [0.1, 0.15) is 4.83 Å². The largest absolute Gasteiger partial charge is 0.396 e. The van der Waals surface area contributed by atoms with Crippen LogP contribution in [0, 0.1) is 5.92 Å². The van der Waals surface area contributed by atoms with E-state index in [0.29, 0.717) is 41.9 Å². The molecule has 0 aliphatic carbocycles. The molecule has 0 atom stereocenters. The number of hydrogen-bond donors (Lipinski definition) is 2. The number of anilines is 1. The van der Waals surface area contributed by atoms with Crippen molar-refractivity contribution in [2.24, 2.45) is 13.0 Å². The van der Waals surface area contributed by atoms with Crippen LogP contribution in [0.15, 0.2) is 52.1 Å². The number of amides is 1. The Hall–Kier alpha value is -3.23. The van der Waals surface area contributed by atoms with E-state index in [4.69, 9.17) is 5.11 Å². The summed E-state index contributed by atoms with van der Waals surface area (Å²) >= 11 is 1.40. The van der Waals surface area contributed by atoms with Crippen LogP contribution in [-0.2, 0) is 24.8 Å². The van der Waals surface area contributed by atoms with Gasteiger partial charge in [-0.3, -0.25) is 18.7 Å². The van der Waals surface area contributed by atoms with Crippen molar-refractivity contribution < 1.29 is 9.90 Å². The van der Waals surface area contributed by atoms with Gasteiger partial charge in [-0.2, -0.15) is 0 Å². The van der Waals surface area contributed by atoms with Crippen LogP contribution in [0.1, 0.15) is 37.6 Å². The number of benzene rings is 2. The van der Waals surface area contributed by atoms with Crippen LogP contribution in [-0.4, -0.2) is 27.3 Å². The quantitative estimate of drug-likeness (QED) is 0.388. The van der Waals surface area contributed by atoms with Gasteiger partial charge in [-0.05, 0) is 28.7 Å². The maximum absolute atomic E-state index is 13.0. The van der Waals surface area contributed by atoms with Gasteiger partial charge in [-0.1, -0.05) is 63.2 Å².